The SMILES string of the molecule is O=C(Nc1ccc2cn[nH]c2c1)c1ccc2ncsc2c1. The Bertz CT molecular complexity index is 956. The van der Waals surface area contributed by atoms with Crippen molar-refractivity contribution in [2.45, 2.75) is 0 Å². The zero-order chi connectivity index (χ0) is 14.2. The average Bonchev–Trinajstić information content (AvgIpc) is 3.14. The van der Waals surface area contributed by atoms with Crippen molar-refractivity contribution in [1.82, 2.24) is 15.2 Å². The van der Waals surface area contributed by atoms with E-state index in [0.717, 1.165) is 26.8 Å². The number of benzene rings is 2. The maximum Gasteiger partial charge on any atom is 0.255 e. The lowest BCUT2D eigenvalue weighted by atomic mass is 10.2. The normalized spacial score (nSPS) is 11.0. The molecule has 2 N–H and O–H groups in total. The lowest BCUT2D eigenvalue weighted by Gasteiger charge is -2.05. The number of nitrogens with zero attached hydrogens (tertiary/aromatic N) is 2. The van der Waals surface area contributed by atoms with Crippen molar-refractivity contribution in [3.8, 4) is 0 Å². The quantitative estimate of drug-likeness (QED) is 0.595. The van der Waals surface area contributed by atoms with Gasteiger partial charge in [0, 0.05) is 16.6 Å². The van der Waals surface area contributed by atoms with Gasteiger partial charge in [-0.05, 0) is 36.4 Å². The molecule has 0 aliphatic carbocycles. The van der Waals surface area contributed by atoms with E-state index in [1.165, 1.54) is 11.3 Å². The second-order valence-electron chi connectivity index (χ2n) is 4.66. The fourth-order valence-corrected chi connectivity index (χ4v) is 2.93. The molecule has 21 heavy (non-hydrogen) atoms. The number of thiazole rings is 1. The molecule has 0 spiro atoms. The zero-order valence-corrected chi connectivity index (χ0v) is 11.6. The van der Waals surface area contributed by atoms with E-state index >= 15 is 0 Å². The molecule has 0 fully saturated rings. The number of aromatic amines is 1. The maximum atomic E-state index is 12.3. The van der Waals surface area contributed by atoms with Gasteiger partial charge in [-0.3, -0.25) is 9.89 Å². The number of hydrogen-bond acceptors (Lipinski definition) is 4. The summed E-state index contributed by atoms with van der Waals surface area (Å²) in [7, 11) is 0. The number of nitrogens with one attached hydrogen (secondary N) is 2. The summed E-state index contributed by atoms with van der Waals surface area (Å²) in [5.41, 5.74) is 4.94. The highest BCUT2D eigenvalue weighted by molar-refractivity contribution is 7.16. The smallest absolute Gasteiger partial charge is 0.255 e. The van der Waals surface area contributed by atoms with Gasteiger partial charge >= 0.3 is 0 Å². The van der Waals surface area contributed by atoms with Gasteiger partial charge in [0.1, 0.15) is 0 Å². The van der Waals surface area contributed by atoms with Crippen LogP contribution in [0, 0.1) is 0 Å². The number of fused-ring (bicyclic) bond motifs is 2. The number of carbonyl (C=O) groups excluding carboxylic acids is 1. The lowest BCUT2D eigenvalue weighted by Crippen LogP contribution is -2.11. The summed E-state index contributed by atoms with van der Waals surface area (Å²) in [6.07, 6.45) is 1.75. The molecule has 2 aromatic heterocycles. The van der Waals surface area contributed by atoms with E-state index in [1.54, 1.807) is 17.8 Å². The monoisotopic (exact) mass is 294 g/mol. The average molecular weight is 294 g/mol. The minimum Gasteiger partial charge on any atom is -0.322 e. The van der Waals surface area contributed by atoms with Gasteiger partial charge in [0.15, 0.2) is 0 Å². The third-order valence-corrected chi connectivity index (χ3v) is 4.09. The Morgan fingerprint density at radius 1 is 1.19 bits per heavy atom. The molecule has 0 atom stereocenters. The molecule has 0 radical (unpaired) electrons. The van der Waals surface area contributed by atoms with Gasteiger partial charge in [-0.1, -0.05) is 0 Å². The summed E-state index contributed by atoms with van der Waals surface area (Å²) in [6.45, 7) is 0. The molecule has 5 nitrogen and oxygen atoms in total. The number of carbonyl (C=O) groups is 1. The molecular formula is C15H10N4OS. The van der Waals surface area contributed by atoms with Crippen molar-refractivity contribution in [3.63, 3.8) is 0 Å². The Morgan fingerprint density at radius 2 is 2.14 bits per heavy atom. The summed E-state index contributed by atoms with van der Waals surface area (Å²) in [5.74, 6) is -0.135. The van der Waals surface area contributed by atoms with Crippen molar-refractivity contribution in [1.29, 1.82) is 0 Å². The van der Waals surface area contributed by atoms with Crippen LogP contribution in [-0.4, -0.2) is 21.1 Å². The molecule has 1 amide bonds. The van der Waals surface area contributed by atoms with Crippen LogP contribution in [0.15, 0.2) is 48.1 Å². The van der Waals surface area contributed by atoms with E-state index in [-0.39, 0.29) is 5.91 Å². The van der Waals surface area contributed by atoms with E-state index in [2.05, 4.69) is 20.5 Å². The molecule has 102 valence electrons. The van der Waals surface area contributed by atoms with Gasteiger partial charge in [-0.15, -0.1) is 11.3 Å². The Hall–Kier alpha value is -2.73. The molecule has 0 saturated carbocycles. The van der Waals surface area contributed by atoms with Crippen LogP contribution in [0.3, 0.4) is 0 Å². The second-order valence-corrected chi connectivity index (χ2v) is 5.55. The molecular weight excluding hydrogens is 284 g/mol. The predicted octanol–water partition coefficient (Wildman–Crippen LogP) is 3.42. The van der Waals surface area contributed by atoms with E-state index in [4.69, 9.17) is 0 Å². The number of anilines is 1. The van der Waals surface area contributed by atoms with Crippen LogP contribution in [-0.2, 0) is 0 Å². The number of H-pyrrole nitrogens is 1. The van der Waals surface area contributed by atoms with E-state index < -0.39 is 0 Å². The topological polar surface area (TPSA) is 70.7 Å². The van der Waals surface area contributed by atoms with E-state index in [1.807, 2.05) is 30.3 Å². The van der Waals surface area contributed by atoms with Gasteiger partial charge in [-0.25, -0.2) is 4.98 Å². The Balaban J connectivity index is 1.64. The Morgan fingerprint density at radius 3 is 3.10 bits per heavy atom. The van der Waals surface area contributed by atoms with Gasteiger partial charge in [0.25, 0.3) is 5.91 Å². The molecule has 0 saturated heterocycles. The highest BCUT2D eigenvalue weighted by Crippen LogP contribution is 2.21. The van der Waals surface area contributed by atoms with Crippen LogP contribution < -0.4 is 5.32 Å². The van der Waals surface area contributed by atoms with Crippen LogP contribution >= 0.6 is 11.3 Å². The van der Waals surface area contributed by atoms with Gasteiger partial charge in [-0.2, -0.15) is 5.10 Å². The molecule has 0 aliphatic rings. The molecule has 2 aromatic carbocycles. The van der Waals surface area contributed by atoms with Crippen molar-refractivity contribution in [2.75, 3.05) is 5.32 Å². The zero-order valence-electron chi connectivity index (χ0n) is 10.8. The van der Waals surface area contributed by atoms with Crippen LogP contribution in [0.4, 0.5) is 5.69 Å². The summed E-state index contributed by atoms with van der Waals surface area (Å²) in [6, 6.07) is 11.1. The standard InChI is InChI=1S/C15H10N4OS/c20-15(9-2-4-12-14(5-9)21-8-16-12)18-11-3-1-10-7-17-19-13(10)6-11/h1-8H,(H,17,19)(H,18,20). The molecule has 0 unspecified atom stereocenters. The molecule has 4 rings (SSSR count). The fraction of sp³-hybridized carbons (Fsp3) is 0. The maximum absolute atomic E-state index is 12.3. The van der Waals surface area contributed by atoms with Gasteiger partial charge < -0.3 is 5.32 Å². The van der Waals surface area contributed by atoms with Gasteiger partial charge in [0.05, 0.1) is 27.4 Å². The minimum absolute atomic E-state index is 0.135. The molecule has 6 heteroatoms. The molecule has 2 heterocycles. The summed E-state index contributed by atoms with van der Waals surface area (Å²) in [5, 5.41) is 10.8. The van der Waals surface area contributed by atoms with Crippen molar-refractivity contribution >= 4 is 44.1 Å². The third kappa shape index (κ3) is 2.15. The molecule has 4 aromatic rings. The second kappa shape index (κ2) is 4.68. The minimum atomic E-state index is -0.135. The van der Waals surface area contributed by atoms with Crippen molar-refractivity contribution < 1.29 is 4.79 Å². The summed E-state index contributed by atoms with van der Waals surface area (Å²) in [4.78, 5) is 16.5. The highest BCUT2D eigenvalue weighted by atomic mass is 32.1. The number of amides is 1. The molecule has 0 bridgehead atoms. The van der Waals surface area contributed by atoms with Crippen LogP contribution in [0.25, 0.3) is 21.1 Å². The van der Waals surface area contributed by atoms with Crippen molar-refractivity contribution in [3.05, 3.63) is 53.7 Å². The number of rotatable bonds is 2. The first-order valence-corrected chi connectivity index (χ1v) is 7.25. The third-order valence-electron chi connectivity index (χ3n) is 3.29. The van der Waals surface area contributed by atoms with Crippen LogP contribution in [0.5, 0.6) is 0 Å². The molecule has 0 aliphatic heterocycles. The van der Waals surface area contributed by atoms with Gasteiger partial charge in [0.2, 0.25) is 0 Å². The number of hydrogen-bond donors (Lipinski definition) is 2. The lowest BCUT2D eigenvalue weighted by molar-refractivity contribution is 0.102. The van der Waals surface area contributed by atoms with Crippen LogP contribution in [0.2, 0.25) is 0 Å². The van der Waals surface area contributed by atoms with E-state index in [9.17, 15) is 4.79 Å². The first-order chi connectivity index (χ1) is 10.3. The predicted molar refractivity (Wildman–Crippen MR) is 83.7 cm³/mol. The Labute approximate surface area is 123 Å². The first-order valence-electron chi connectivity index (χ1n) is 6.37. The largest absolute Gasteiger partial charge is 0.322 e. The van der Waals surface area contributed by atoms with E-state index in [0.29, 0.717) is 5.56 Å². The first kappa shape index (κ1) is 12.0. The Kier molecular flexibility index (Phi) is 2.68. The highest BCUT2D eigenvalue weighted by Gasteiger charge is 2.08. The summed E-state index contributed by atoms with van der Waals surface area (Å²) >= 11 is 1.52. The number of aromatic nitrogens is 3. The summed E-state index contributed by atoms with van der Waals surface area (Å²) < 4.78 is 1.01. The van der Waals surface area contributed by atoms with Crippen molar-refractivity contribution in [2.24, 2.45) is 0 Å². The fourth-order valence-electron chi connectivity index (χ4n) is 2.21. The van der Waals surface area contributed by atoms with Crippen LogP contribution in [0.1, 0.15) is 10.4 Å².